The van der Waals surface area contributed by atoms with Crippen molar-refractivity contribution in [1.82, 2.24) is 4.90 Å². The van der Waals surface area contributed by atoms with Gasteiger partial charge in [0, 0.05) is 37.6 Å². The highest BCUT2D eigenvalue weighted by atomic mass is 32.2. The number of thioether (sulfide) groups is 1. The Kier molecular flexibility index (Phi) is 5.64. The minimum atomic E-state index is -1.14. The standard InChI is InChI=1S/C23H27N3O3S/c1-4-26-18-10-6-8-12-20(18)30-23(2,22(26)28)21(27)25-15-13-24(14-16-25)17-9-5-7-11-19(17)29-3/h5-12H,4,13-16H2,1-3H3. The zero-order valence-electron chi connectivity index (χ0n) is 17.6. The van der Waals surface area contributed by atoms with Crippen molar-refractivity contribution in [3.05, 3.63) is 48.5 Å². The van der Waals surface area contributed by atoms with Gasteiger partial charge in [0.25, 0.3) is 5.91 Å². The van der Waals surface area contributed by atoms with Crippen LogP contribution in [0.1, 0.15) is 13.8 Å². The number of piperazine rings is 1. The van der Waals surface area contributed by atoms with Crippen LogP contribution in [0.15, 0.2) is 53.4 Å². The third-order valence-corrected chi connectivity index (χ3v) is 7.16. The lowest BCUT2D eigenvalue weighted by atomic mass is 10.0. The number of anilines is 2. The zero-order chi connectivity index (χ0) is 21.3. The fraction of sp³-hybridized carbons (Fsp3) is 0.391. The van der Waals surface area contributed by atoms with E-state index < -0.39 is 4.75 Å². The lowest BCUT2D eigenvalue weighted by Gasteiger charge is -2.43. The topological polar surface area (TPSA) is 53.1 Å². The summed E-state index contributed by atoms with van der Waals surface area (Å²) in [7, 11) is 1.67. The number of ether oxygens (including phenoxy) is 1. The van der Waals surface area contributed by atoms with E-state index in [-0.39, 0.29) is 11.8 Å². The molecule has 0 bridgehead atoms. The third kappa shape index (κ3) is 3.41. The van der Waals surface area contributed by atoms with Gasteiger partial charge in [-0.25, -0.2) is 0 Å². The van der Waals surface area contributed by atoms with E-state index in [0.29, 0.717) is 32.7 Å². The van der Waals surface area contributed by atoms with Crippen molar-refractivity contribution in [2.24, 2.45) is 0 Å². The summed E-state index contributed by atoms with van der Waals surface area (Å²) in [5.41, 5.74) is 1.92. The van der Waals surface area contributed by atoms with Gasteiger partial charge in [-0.2, -0.15) is 0 Å². The number of methoxy groups -OCH3 is 1. The molecule has 2 aromatic rings. The average molecular weight is 426 g/mol. The molecule has 1 atom stereocenters. The first-order valence-electron chi connectivity index (χ1n) is 10.3. The third-order valence-electron chi connectivity index (χ3n) is 5.84. The Morgan fingerprint density at radius 3 is 2.33 bits per heavy atom. The number of hydrogen-bond donors (Lipinski definition) is 0. The summed E-state index contributed by atoms with van der Waals surface area (Å²) < 4.78 is 4.34. The first kappa shape index (κ1) is 20.6. The highest BCUT2D eigenvalue weighted by Crippen LogP contribution is 2.46. The van der Waals surface area contributed by atoms with E-state index in [4.69, 9.17) is 4.74 Å². The second kappa shape index (κ2) is 8.22. The Morgan fingerprint density at radius 1 is 1.03 bits per heavy atom. The summed E-state index contributed by atoms with van der Waals surface area (Å²) in [6, 6.07) is 15.7. The largest absolute Gasteiger partial charge is 0.495 e. The minimum Gasteiger partial charge on any atom is -0.495 e. The predicted octanol–water partition coefficient (Wildman–Crippen LogP) is 3.26. The average Bonchev–Trinajstić information content (AvgIpc) is 2.79. The summed E-state index contributed by atoms with van der Waals surface area (Å²) in [5.74, 6) is 0.591. The lowest BCUT2D eigenvalue weighted by Crippen LogP contribution is -2.60. The molecule has 1 saturated heterocycles. The smallest absolute Gasteiger partial charge is 0.252 e. The molecule has 0 radical (unpaired) electrons. The Bertz CT molecular complexity index is 958. The number of fused-ring (bicyclic) bond motifs is 1. The molecule has 2 amide bonds. The SMILES string of the molecule is CCN1C(=O)C(C)(C(=O)N2CCN(c3ccccc3OC)CC2)Sc2ccccc21. The quantitative estimate of drug-likeness (QED) is 0.704. The first-order chi connectivity index (χ1) is 14.5. The normalized spacial score (nSPS) is 21.4. The molecule has 1 fully saturated rings. The van der Waals surface area contributed by atoms with Crippen LogP contribution in [-0.4, -0.2) is 61.3 Å². The number of carbonyl (C=O) groups excluding carboxylic acids is 2. The van der Waals surface area contributed by atoms with E-state index in [2.05, 4.69) is 4.90 Å². The minimum absolute atomic E-state index is 0.106. The number of amides is 2. The number of para-hydroxylation sites is 3. The highest BCUT2D eigenvalue weighted by Gasteiger charge is 2.50. The van der Waals surface area contributed by atoms with Crippen molar-refractivity contribution in [3.63, 3.8) is 0 Å². The van der Waals surface area contributed by atoms with Crippen LogP contribution in [0, 0.1) is 0 Å². The van der Waals surface area contributed by atoms with Gasteiger partial charge in [0.1, 0.15) is 5.75 Å². The molecule has 6 nitrogen and oxygen atoms in total. The van der Waals surface area contributed by atoms with Crippen LogP contribution in [0.3, 0.4) is 0 Å². The summed E-state index contributed by atoms with van der Waals surface area (Å²) in [4.78, 5) is 33.6. The van der Waals surface area contributed by atoms with Crippen molar-refractivity contribution in [1.29, 1.82) is 0 Å². The molecule has 0 saturated carbocycles. The van der Waals surface area contributed by atoms with Gasteiger partial charge in [0.2, 0.25) is 5.91 Å². The molecule has 158 valence electrons. The number of nitrogens with zero attached hydrogens (tertiary/aromatic N) is 3. The molecule has 30 heavy (non-hydrogen) atoms. The van der Waals surface area contributed by atoms with E-state index in [1.165, 1.54) is 11.8 Å². The Hall–Kier alpha value is -2.67. The summed E-state index contributed by atoms with van der Waals surface area (Å²) in [5, 5.41) is 0. The van der Waals surface area contributed by atoms with Gasteiger partial charge in [-0.05, 0) is 38.1 Å². The van der Waals surface area contributed by atoms with E-state index in [0.717, 1.165) is 22.0 Å². The van der Waals surface area contributed by atoms with Crippen LogP contribution in [0.5, 0.6) is 5.75 Å². The lowest BCUT2D eigenvalue weighted by molar-refractivity contribution is -0.138. The summed E-state index contributed by atoms with van der Waals surface area (Å²) in [6.07, 6.45) is 0. The maximum Gasteiger partial charge on any atom is 0.252 e. The molecule has 0 aliphatic carbocycles. The van der Waals surface area contributed by atoms with E-state index >= 15 is 0 Å². The molecule has 1 unspecified atom stereocenters. The van der Waals surface area contributed by atoms with Crippen LogP contribution in [0.25, 0.3) is 0 Å². The van der Waals surface area contributed by atoms with Crippen LogP contribution in [0.4, 0.5) is 11.4 Å². The summed E-state index contributed by atoms with van der Waals surface area (Å²) >= 11 is 1.38. The van der Waals surface area contributed by atoms with Gasteiger partial charge in [-0.15, -0.1) is 0 Å². The van der Waals surface area contributed by atoms with Crippen LogP contribution < -0.4 is 14.5 Å². The van der Waals surface area contributed by atoms with Crippen molar-refractivity contribution in [2.45, 2.75) is 23.5 Å². The van der Waals surface area contributed by atoms with Crippen LogP contribution in [-0.2, 0) is 9.59 Å². The Morgan fingerprint density at radius 2 is 1.67 bits per heavy atom. The van der Waals surface area contributed by atoms with Gasteiger partial charge in [0.05, 0.1) is 18.5 Å². The molecule has 0 spiro atoms. The fourth-order valence-electron chi connectivity index (χ4n) is 4.19. The highest BCUT2D eigenvalue weighted by molar-refractivity contribution is 8.02. The molecule has 2 aliphatic heterocycles. The van der Waals surface area contributed by atoms with Gasteiger partial charge >= 0.3 is 0 Å². The van der Waals surface area contributed by atoms with Gasteiger partial charge in [-0.3, -0.25) is 9.59 Å². The molecular weight excluding hydrogens is 398 g/mol. The van der Waals surface area contributed by atoms with E-state index in [1.807, 2.05) is 60.4 Å². The maximum atomic E-state index is 13.5. The number of carbonyl (C=O) groups is 2. The number of benzene rings is 2. The molecule has 2 aliphatic rings. The van der Waals surface area contributed by atoms with Gasteiger partial charge in [0.15, 0.2) is 4.75 Å². The second-order valence-electron chi connectivity index (χ2n) is 7.60. The second-order valence-corrected chi connectivity index (χ2v) is 9.06. The molecule has 2 aromatic carbocycles. The zero-order valence-corrected chi connectivity index (χ0v) is 18.4. The van der Waals surface area contributed by atoms with Gasteiger partial charge < -0.3 is 19.4 Å². The number of hydrogen-bond acceptors (Lipinski definition) is 5. The fourth-order valence-corrected chi connectivity index (χ4v) is 5.47. The predicted molar refractivity (Wildman–Crippen MR) is 121 cm³/mol. The monoisotopic (exact) mass is 425 g/mol. The molecule has 4 rings (SSSR count). The molecule has 7 heteroatoms. The van der Waals surface area contributed by atoms with E-state index in [9.17, 15) is 9.59 Å². The Labute approximate surface area is 181 Å². The molecular formula is C23H27N3O3S. The van der Waals surface area contributed by atoms with Crippen LogP contribution in [0.2, 0.25) is 0 Å². The van der Waals surface area contributed by atoms with Crippen molar-refractivity contribution in [2.75, 3.05) is 49.6 Å². The van der Waals surface area contributed by atoms with Gasteiger partial charge in [-0.1, -0.05) is 36.0 Å². The molecule has 0 N–H and O–H groups in total. The van der Waals surface area contributed by atoms with Crippen LogP contribution >= 0.6 is 11.8 Å². The van der Waals surface area contributed by atoms with Crippen molar-refractivity contribution >= 4 is 35.0 Å². The summed E-state index contributed by atoms with van der Waals surface area (Å²) in [6.45, 7) is 6.82. The maximum absolute atomic E-state index is 13.5. The van der Waals surface area contributed by atoms with E-state index in [1.54, 1.807) is 18.9 Å². The first-order valence-corrected chi connectivity index (χ1v) is 11.1. The molecule has 2 heterocycles. The van der Waals surface area contributed by atoms with Crippen molar-refractivity contribution < 1.29 is 14.3 Å². The number of rotatable bonds is 4. The Balaban J connectivity index is 1.52. The van der Waals surface area contributed by atoms with Crippen molar-refractivity contribution in [3.8, 4) is 5.75 Å². The molecule has 0 aromatic heterocycles.